The van der Waals surface area contributed by atoms with Crippen molar-refractivity contribution >= 4 is 5.91 Å². The van der Waals surface area contributed by atoms with Crippen molar-refractivity contribution in [1.82, 2.24) is 20.5 Å². The van der Waals surface area contributed by atoms with Gasteiger partial charge in [-0.2, -0.15) is 5.10 Å². The van der Waals surface area contributed by atoms with Crippen molar-refractivity contribution in [3.05, 3.63) is 60.6 Å². The summed E-state index contributed by atoms with van der Waals surface area (Å²) >= 11 is 0. The molecular formula is C18H18N4O. The minimum Gasteiger partial charge on any atom is -0.350 e. The van der Waals surface area contributed by atoms with Crippen LogP contribution in [0.15, 0.2) is 55.0 Å². The summed E-state index contributed by atoms with van der Waals surface area (Å²) in [6.07, 6.45) is 5.28. The van der Waals surface area contributed by atoms with Crippen LogP contribution in [0.2, 0.25) is 0 Å². The van der Waals surface area contributed by atoms with Crippen LogP contribution in [-0.2, 0) is 0 Å². The first-order valence-corrected chi connectivity index (χ1v) is 7.50. The second-order valence-electron chi connectivity index (χ2n) is 5.60. The first kappa shape index (κ1) is 15.0. The number of carbonyl (C=O) groups is 1. The van der Waals surface area contributed by atoms with Gasteiger partial charge >= 0.3 is 0 Å². The molecule has 5 nitrogen and oxygen atoms in total. The second-order valence-corrected chi connectivity index (χ2v) is 5.60. The second kappa shape index (κ2) is 6.44. The van der Waals surface area contributed by atoms with E-state index in [-0.39, 0.29) is 11.9 Å². The number of aromatic nitrogens is 3. The van der Waals surface area contributed by atoms with Crippen molar-refractivity contribution in [2.75, 3.05) is 0 Å². The van der Waals surface area contributed by atoms with Crippen LogP contribution < -0.4 is 5.32 Å². The Bertz CT molecular complexity index is 809. The number of hydrogen-bond donors (Lipinski definition) is 2. The molecule has 0 saturated heterocycles. The molecule has 0 atom stereocenters. The SMILES string of the molecule is CC(C)NC(=O)c1cccc(-c2[nH]ncc2-c2ccncc2)c1. The van der Waals surface area contributed by atoms with Crippen molar-refractivity contribution in [2.45, 2.75) is 19.9 Å². The van der Waals surface area contributed by atoms with Crippen LogP contribution >= 0.6 is 0 Å². The molecule has 0 aliphatic heterocycles. The fourth-order valence-electron chi connectivity index (χ4n) is 2.42. The average molecular weight is 306 g/mol. The number of rotatable bonds is 4. The Balaban J connectivity index is 1.98. The summed E-state index contributed by atoms with van der Waals surface area (Å²) in [4.78, 5) is 16.2. The number of amides is 1. The molecule has 5 heteroatoms. The lowest BCUT2D eigenvalue weighted by atomic mass is 10.0. The van der Waals surface area contributed by atoms with Crippen LogP contribution in [0.1, 0.15) is 24.2 Å². The van der Waals surface area contributed by atoms with Gasteiger partial charge in [0.1, 0.15) is 0 Å². The van der Waals surface area contributed by atoms with Crippen molar-refractivity contribution < 1.29 is 4.79 Å². The standard InChI is InChI=1S/C18H18N4O/c1-12(2)21-18(23)15-5-3-4-14(10-15)17-16(11-20-22-17)13-6-8-19-9-7-13/h3-12H,1-2H3,(H,20,22)(H,21,23). The van der Waals surface area contributed by atoms with Crippen molar-refractivity contribution in [1.29, 1.82) is 0 Å². The van der Waals surface area contributed by atoms with Crippen LogP contribution in [-0.4, -0.2) is 27.1 Å². The predicted octanol–water partition coefficient (Wildman–Crippen LogP) is 3.28. The maximum Gasteiger partial charge on any atom is 0.251 e. The molecule has 0 saturated carbocycles. The number of aromatic amines is 1. The Labute approximate surface area is 134 Å². The van der Waals surface area contributed by atoms with Gasteiger partial charge in [-0.3, -0.25) is 14.9 Å². The number of nitrogens with one attached hydrogen (secondary N) is 2. The molecule has 3 aromatic rings. The molecule has 2 heterocycles. The molecule has 23 heavy (non-hydrogen) atoms. The molecule has 0 aliphatic carbocycles. The number of benzene rings is 1. The van der Waals surface area contributed by atoms with Gasteiger partial charge in [-0.1, -0.05) is 12.1 Å². The molecular weight excluding hydrogens is 288 g/mol. The molecule has 116 valence electrons. The van der Waals surface area contributed by atoms with E-state index in [1.165, 1.54) is 0 Å². The molecule has 0 bridgehead atoms. The maximum atomic E-state index is 12.2. The van der Waals surface area contributed by atoms with Gasteiger partial charge in [-0.25, -0.2) is 0 Å². The van der Waals surface area contributed by atoms with Crippen molar-refractivity contribution in [3.8, 4) is 22.4 Å². The third-order valence-electron chi connectivity index (χ3n) is 3.46. The summed E-state index contributed by atoms with van der Waals surface area (Å²) in [5, 5.41) is 10.1. The number of hydrogen-bond acceptors (Lipinski definition) is 3. The van der Waals surface area contributed by atoms with Gasteiger partial charge in [0, 0.05) is 35.1 Å². The van der Waals surface area contributed by atoms with Gasteiger partial charge in [0.25, 0.3) is 5.91 Å². The highest BCUT2D eigenvalue weighted by atomic mass is 16.1. The van der Waals surface area contributed by atoms with Crippen molar-refractivity contribution in [2.24, 2.45) is 0 Å². The maximum absolute atomic E-state index is 12.2. The summed E-state index contributed by atoms with van der Waals surface area (Å²) in [5.74, 6) is -0.0770. The van der Waals surface area contributed by atoms with Crippen LogP contribution in [0, 0.1) is 0 Å². The topological polar surface area (TPSA) is 70.7 Å². The summed E-state index contributed by atoms with van der Waals surface area (Å²) in [6, 6.07) is 11.5. The third-order valence-corrected chi connectivity index (χ3v) is 3.46. The van der Waals surface area contributed by atoms with E-state index in [2.05, 4.69) is 20.5 Å². The molecule has 2 N–H and O–H groups in total. The lowest BCUT2D eigenvalue weighted by molar-refractivity contribution is 0.0943. The minimum atomic E-state index is -0.0770. The predicted molar refractivity (Wildman–Crippen MR) is 89.9 cm³/mol. The fraction of sp³-hybridized carbons (Fsp3) is 0.167. The van der Waals surface area contributed by atoms with E-state index in [1.807, 2.05) is 50.2 Å². The normalized spacial score (nSPS) is 10.7. The molecule has 1 amide bonds. The van der Waals surface area contributed by atoms with Gasteiger partial charge in [0.2, 0.25) is 0 Å². The van der Waals surface area contributed by atoms with E-state index < -0.39 is 0 Å². The number of H-pyrrole nitrogens is 1. The molecule has 2 aromatic heterocycles. The zero-order valence-corrected chi connectivity index (χ0v) is 13.1. The van der Waals surface area contributed by atoms with E-state index in [9.17, 15) is 4.79 Å². The Morgan fingerprint density at radius 2 is 1.91 bits per heavy atom. The van der Waals surface area contributed by atoms with Gasteiger partial charge in [-0.15, -0.1) is 0 Å². The Morgan fingerprint density at radius 3 is 2.65 bits per heavy atom. The first-order valence-electron chi connectivity index (χ1n) is 7.50. The van der Waals surface area contributed by atoms with Gasteiger partial charge in [0.05, 0.1) is 11.9 Å². The van der Waals surface area contributed by atoms with Gasteiger partial charge in [-0.05, 0) is 43.7 Å². The highest BCUT2D eigenvalue weighted by molar-refractivity contribution is 5.96. The van der Waals surface area contributed by atoms with Crippen LogP contribution in [0.4, 0.5) is 0 Å². The molecule has 0 spiro atoms. The van der Waals surface area contributed by atoms with Gasteiger partial charge in [0.15, 0.2) is 0 Å². The summed E-state index contributed by atoms with van der Waals surface area (Å²) < 4.78 is 0. The fourth-order valence-corrected chi connectivity index (χ4v) is 2.42. The zero-order chi connectivity index (χ0) is 16.2. The Morgan fingerprint density at radius 1 is 1.13 bits per heavy atom. The van der Waals surface area contributed by atoms with E-state index >= 15 is 0 Å². The van der Waals surface area contributed by atoms with E-state index in [0.29, 0.717) is 5.56 Å². The number of nitrogens with zero attached hydrogens (tertiary/aromatic N) is 2. The summed E-state index contributed by atoms with van der Waals surface area (Å²) in [7, 11) is 0. The molecule has 1 aromatic carbocycles. The van der Waals surface area contributed by atoms with Crippen LogP contribution in [0.25, 0.3) is 22.4 Å². The van der Waals surface area contributed by atoms with E-state index in [0.717, 1.165) is 22.4 Å². The number of pyridine rings is 1. The smallest absolute Gasteiger partial charge is 0.251 e. The summed E-state index contributed by atoms with van der Waals surface area (Å²) in [6.45, 7) is 3.89. The molecule has 0 fully saturated rings. The summed E-state index contributed by atoms with van der Waals surface area (Å²) in [5.41, 5.74) is 4.45. The van der Waals surface area contributed by atoms with Crippen molar-refractivity contribution in [3.63, 3.8) is 0 Å². The first-order chi connectivity index (χ1) is 11.1. The Kier molecular flexibility index (Phi) is 4.19. The largest absolute Gasteiger partial charge is 0.350 e. The lowest BCUT2D eigenvalue weighted by Crippen LogP contribution is -2.30. The lowest BCUT2D eigenvalue weighted by Gasteiger charge is -2.09. The molecule has 3 rings (SSSR count). The zero-order valence-electron chi connectivity index (χ0n) is 13.1. The quantitative estimate of drug-likeness (QED) is 0.777. The van der Waals surface area contributed by atoms with Crippen LogP contribution in [0.5, 0.6) is 0 Å². The Hall–Kier alpha value is -2.95. The van der Waals surface area contributed by atoms with E-state index in [4.69, 9.17) is 0 Å². The van der Waals surface area contributed by atoms with Crippen LogP contribution in [0.3, 0.4) is 0 Å². The molecule has 0 aliphatic rings. The van der Waals surface area contributed by atoms with E-state index in [1.54, 1.807) is 18.6 Å². The third kappa shape index (κ3) is 3.29. The molecule has 0 unspecified atom stereocenters. The minimum absolute atomic E-state index is 0.0770. The highest BCUT2D eigenvalue weighted by Crippen LogP contribution is 2.30. The number of carbonyl (C=O) groups excluding carboxylic acids is 1. The highest BCUT2D eigenvalue weighted by Gasteiger charge is 2.12. The molecule has 0 radical (unpaired) electrons. The van der Waals surface area contributed by atoms with Gasteiger partial charge < -0.3 is 5.32 Å². The average Bonchev–Trinajstić information content (AvgIpc) is 3.05. The monoisotopic (exact) mass is 306 g/mol.